The number of piperazine rings is 1. The molecule has 4 rings (SSSR count). The minimum Gasteiger partial charge on any atom is -0.352 e. The van der Waals surface area contributed by atoms with Crippen LogP contribution < -0.4 is 9.80 Å². The largest absolute Gasteiger partial charge is 0.352 e. The van der Waals surface area contributed by atoms with E-state index >= 15 is 0 Å². The second-order valence-electron chi connectivity index (χ2n) is 5.29. The quantitative estimate of drug-likeness (QED) is 0.689. The van der Waals surface area contributed by atoms with Crippen molar-refractivity contribution in [1.29, 1.82) is 5.26 Å². The summed E-state index contributed by atoms with van der Waals surface area (Å²) in [5.41, 5.74) is 1.35. The summed E-state index contributed by atoms with van der Waals surface area (Å²) < 4.78 is 1.67. The van der Waals surface area contributed by atoms with Gasteiger partial charge in [-0.3, -0.25) is 0 Å². The Hall–Kier alpha value is -3.21. The van der Waals surface area contributed by atoms with Gasteiger partial charge in [0.05, 0.1) is 5.56 Å². The van der Waals surface area contributed by atoms with E-state index in [1.807, 2.05) is 12.1 Å². The summed E-state index contributed by atoms with van der Waals surface area (Å²) in [6.07, 6.45) is 3.33. The van der Waals surface area contributed by atoms with Gasteiger partial charge in [-0.1, -0.05) is 0 Å². The lowest BCUT2D eigenvalue weighted by atomic mass is 10.2. The third kappa shape index (κ3) is 2.42. The lowest BCUT2D eigenvalue weighted by Gasteiger charge is -2.36. The van der Waals surface area contributed by atoms with Gasteiger partial charge in [0, 0.05) is 32.4 Å². The molecule has 3 aromatic heterocycles. The van der Waals surface area contributed by atoms with Crippen LogP contribution in [0.25, 0.3) is 5.65 Å². The molecule has 1 aliphatic heterocycles. The predicted molar refractivity (Wildman–Crippen MR) is 84.2 cm³/mol. The molecule has 0 bridgehead atoms. The molecule has 0 radical (unpaired) electrons. The molecule has 23 heavy (non-hydrogen) atoms. The summed E-state index contributed by atoms with van der Waals surface area (Å²) in [6, 6.07) is 9.67. The van der Waals surface area contributed by atoms with E-state index in [-0.39, 0.29) is 0 Å². The fraction of sp³-hybridized carbons (Fsp3) is 0.267. The molecule has 1 fully saturated rings. The molecule has 0 unspecified atom stereocenters. The number of aromatic nitrogens is 5. The van der Waals surface area contributed by atoms with Gasteiger partial charge in [-0.2, -0.15) is 9.78 Å². The predicted octanol–water partition coefficient (Wildman–Crippen LogP) is 0.718. The molecule has 0 atom stereocenters. The van der Waals surface area contributed by atoms with Crippen molar-refractivity contribution in [2.45, 2.75) is 0 Å². The fourth-order valence-corrected chi connectivity index (χ4v) is 2.77. The van der Waals surface area contributed by atoms with Gasteiger partial charge in [-0.25, -0.2) is 4.98 Å². The number of fused-ring (bicyclic) bond motifs is 1. The monoisotopic (exact) mass is 306 g/mol. The number of pyridine rings is 1. The van der Waals surface area contributed by atoms with Crippen LogP contribution in [0.3, 0.4) is 0 Å². The van der Waals surface area contributed by atoms with Gasteiger partial charge < -0.3 is 9.80 Å². The van der Waals surface area contributed by atoms with Gasteiger partial charge >= 0.3 is 0 Å². The van der Waals surface area contributed by atoms with E-state index in [1.165, 1.54) is 0 Å². The van der Waals surface area contributed by atoms with E-state index in [9.17, 15) is 5.26 Å². The lowest BCUT2D eigenvalue weighted by molar-refractivity contribution is 0.635. The molecule has 0 aromatic carbocycles. The number of hydrogen-bond acceptors (Lipinski definition) is 7. The molecule has 0 spiro atoms. The Morgan fingerprint density at radius 1 is 1.04 bits per heavy atom. The Bertz CT molecular complexity index is 872. The number of rotatable bonds is 2. The molecule has 3 aromatic rings. The molecule has 1 saturated heterocycles. The topological polar surface area (TPSA) is 86.2 Å². The molecule has 0 aliphatic carbocycles. The van der Waals surface area contributed by atoms with Crippen LogP contribution in [-0.4, -0.2) is 51.0 Å². The zero-order valence-electron chi connectivity index (χ0n) is 12.4. The molecule has 8 heteroatoms. The molecule has 0 N–H and O–H groups in total. The molecule has 0 saturated carbocycles. The number of nitrogens with zero attached hydrogens (tertiary/aromatic N) is 8. The van der Waals surface area contributed by atoms with Crippen LogP contribution in [-0.2, 0) is 0 Å². The first-order valence-corrected chi connectivity index (χ1v) is 7.37. The molecule has 1 aliphatic rings. The van der Waals surface area contributed by atoms with Crippen molar-refractivity contribution < 1.29 is 0 Å². The van der Waals surface area contributed by atoms with Crippen molar-refractivity contribution in [1.82, 2.24) is 24.8 Å². The average Bonchev–Trinajstić information content (AvgIpc) is 3.09. The zero-order valence-corrected chi connectivity index (χ0v) is 12.4. The van der Waals surface area contributed by atoms with Crippen LogP contribution in [0, 0.1) is 11.3 Å². The smallest absolute Gasteiger partial charge is 0.177 e. The number of nitriles is 1. The zero-order chi connectivity index (χ0) is 15.6. The van der Waals surface area contributed by atoms with Crippen molar-refractivity contribution in [3.63, 3.8) is 0 Å². The first kappa shape index (κ1) is 13.5. The van der Waals surface area contributed by atoms with E-state index in [4.69, 9.17) is 0 Å². The van der Waals surface area contributed by atoms with Crippen LogP contribution in [0.5, 0.6) is 0 Å². The van der Waals surface area contributed by atoms with Gasteiger partial charge in [0.15, 0.2) is 5.65 Å². The van der Waals surface area contributed by atoms with Crippen LogP contribution in [0.2, 0.25) is 0 Å². The Balaban J connectivity index is 1.51. The minimum atomic E-state index is 0.616. The van der Waals surface area contributed by atoms with Crippen molar-refractivity contribution >= 4 is 17.3 Å². The molecule has 114 valence electrons. The molecular formula is C15H14N8. The van der Waals surface area contributed by atoms with Crippen molar-refractivity contribution in [2.75, 3.05) is 36.0 Å². The van der Waals surface area contributed by atoms with Crippen LogP contribution in [0.15, 0.2) is 36.8 Å². The van der Waals surface area contributed by atoms with E-state index in [1.54, 1.807) is 29.2 Å². The van der Waals surface area contributed by atoms with Gasteiger partial charge in [0.2, 0.25) is 0 Å². The summed E-state index contributed by atoms with van der Waals surface area (Å²) in [6.45, 7) is 3.24. The maximum absolute atomic E-state index is 9.21. The Morgan fingerprint density at radius 3 is 2.70 bits per heavy atom. The van der Waals surface area contributed by atoms with Crippen LogP contribution in [0.4, 0.5) is 11.6 Å². The Morgan fingerprint density at radius 2 is 1.87 bits per heavy atom. The second-order valence-corrected chi connectivity index (χ2v) is 5.29. The highest BCUT2D eigenvalue weighted by molar-refractivity contribution is 5.55. The first-order valence-electron chi connectivity index (χ1n) is 7.37. The summed E-state index contributed by atoms with van der Waals surface area (Å²) in [7, 11) is 0. The third-order valence-electron chi connectivity index (χ3n) is 3.96. The molecular weight excluding hydrogens is 292 g/mol. The third-order valence-corrected chi connectivity index (χ3v) is 3.96. The van der Waals surface area contributed by atoms with Crippen LogP contribution >= 0.6 is 0 Å². The van der Waals surface area contributed by atoms with Crippen molar-refractivity contribution in [3.8, 4) is 6.07 Å². The van der Waals surface area contributed by atoms with Gasteiger partial charge in [-0.15, -0.1) is 15.3 Å². The maximum Gasteiger partial charge on any atom is 0.177 e. The highest BCUT2D eigenvalue weighted by Crippen LogP contribution is 2.20. The average molecular weight is 306 g/mol. The first-order chi connectivity index (χ1) is 11.3. The van der Waals surface area contributed by atoms with Crippen LogP contribution in [0.1, 0.15) is 5.56 Å². The standard InChI is InChI=1S/C15H14N8/c16-10-12-2-1-5-17-15(12)22-8-6-21(7-9-22)14-4-3-13-19-18-11-23(13)20-14/h1-5,11H,6-9H2. The van der Waals surface area contributed by atoms with Gasteiger partial charge in [0.1, 0.15) is 24.0 Å². The lowest BCUT2D eigenvalue weighted by Crippen LogP contribution is -2.47. The normalized spacial score (nSPS) is 14.9. The highest BCUT2D eigenvalue weighted by atomic mass is 15.4. The molecule has 4 heterocycles. The second kappa shape index (κ2) is 5.53. The summed E-state index contributed by atoms with van der Waals surface area (Å²) in [4.78, 5) is 8.71. The SMILES string of the molecule is N#Cc1cccnc1N1CCN(c2ccc3nncn3n2)CC1. The van der Waals surface area contributed by atoms with E-state index in [2.05, 4.69) is 36.1 Å². The van der Waals surface area contributed by atoms with Crippen molar-refractivity contribution in [2.24, 2.45) is 0 Å². The number of anilines is 2. The number of hydrogen-bond donors (Lipinski definition) is 0. The van der Waals surface area contributed by atoms with E-state index in [0.29, 0.717) is 5.56 Å². The van der Waals surface area contributed by atoms with Gasteiger partial charge in [-0.05, 0) is 24.3 Å². The fourth-order valence-electron chi connectivity index (χ4n) is 2.77. The van der Waals surface area contributed by atoms with E-state index in [0.717, 1.165) is 43.5 Å². The van der Waals surface area contributed by atoms with Crippen molar-refractivity contribution in [3.05, 3.63) is 42.4 Å². The summed E-state index contributed by atoms with van der Waals surface area (Å²) in [5, 5.41) is 21.5. The maximum atomic E-state index is 9.21. The molecule has 8 nitrogen and oxygen atoms in total. The summed E-state index contributed by atoms with van der Waals surface area (Å²) >= 11 is 0. The van der Waals surface area contributed by atoms with E-state index < -0.39 is 0 Å². The Kier molecular flexibility index (Phi) is 3.24. The Labute approximate surface area is 132 Å². The minimum absolute atomic E-state index is 0.616. The summed E-state index contributed by atoms with van der Waals surface area (Å²) in [5.74, 6) is 1.66. The van der Waals surface area contributed by atoms with Gasteiger partial charge in [0.25, 0.3) is 0 Å². The molecule has 0 amide bonds. The highest BCUT2D eigenvalue weighted by Gasteiger charge is 2.21.